The first kappa shape index (κ1) is 13.2. The molecule has 2 aromatic rings. The summed E-state index contributed by atoms with van der Waals surface area (Å²) in [4.78, 5) is 0. The molecule has 1 aliphatic heterocycles. The molecule has 2 aliphatic rings. The first-order chi connectivity index (χ1) is 10.2. The first-order valence-electron chi connectivity index (χ1n) is 7.49. The SMILES string of the molecule is Oc1ccc2c(c1)C1(c3ccc(Cl)cc3)CCNC(C2)C1. The van der Waals surface area contributed by atoms with E-state index in [2.05, 4.69) is 23.5 Å². The molecule has 3 heteroatoms. The Kier molecular flexibility index (Phi) is 2.98. The minimum absolute atomic E-state index is 0.00677. The van der Waals surface area contributed by atoms with Gasteiger partial charge in [-0.1, -0.05) is 29.8 Å². The number of piperidine rings is 1. The number of hydrogen-bond acceptors (Lipinski definition) is 2. The van der Waals surface area contributed by atoms with E-state index in [4.69, 9.17) is 11.6 Å². The van der Waals surface area contributed by atoms with Crippen molar-refractivity contribution in [2.24, 2.45) is 0 Å². The van der Waals surface area contributed by atoms with E-state index >= 15 is 0 Å². The minimum atomic E-state index is 0.00677. The van der Waals surface area contributed by atoms with Crippen LogP contribution in [0.4, 0.5) is 0 Å². The molecule has 1 fully saturated rings. The molecule has 1 saturated heterocycles. The molecule has 0 spiro atoms. The predicted octanol–water partition coefficient (Wildman–Crippen LogP) is 3.64. The third-order valence-corrected chi connectivity index (χ3v) is 5.30. The van der Waals surface area contributed by atoms with E-state index in [9.17, 15) is 5.11 Å². The number of benzene rings is 2. The molecule has 0 saturated carbocycles. The van der Waals surface area contributed by atoms with E-state index in [1.54, 1.807) is 6.07 Å². The van der Waals surface area contributed by atoms with Crippen LogP contribution in [0, 0.1) is 0 Å². The third-order valence-electron chi connectivity index (χ3n) is 5.05. The lowest BCUT2D eigenvalue weighted by Crippen LogP contribution is -2.51. The van der Waals surface area contributed by atoms with E-state index in [1.807, 2.05) is 18.2 Å². The van der Waals surface area contributed by atoms with E-state index in [0.29, 0.717) is 11.8 Å². The fourth-order valence-corrected chi connectivity index (χ4v) is 4.24. The fraction of sp³-hybridized carbons (Fsp3) is 0.333. The average molecular weight is 300 g/mol. The largest absolute Gasteiger partial charge is 0.508 e. The van der Waals surface area contributed by atoms with Crippen molar-refractivity contribution >= 4 is 11.6 Å². The van der Waals surface area contributed by atoms with Gasteiger partial charge in [-0.3, -0.25) is 0 Å². The first-order valence-corrected chi connectivity index (χ1v) is 7.87. The normalized spacial score (nSPS) is 27.2. The Morgan fingerprint density at radius 1 is 1.14 bits per heavy atom. The fourth-order valence-electron chi connectivity index (χ4n) is 4.11. The third kappa shape index (κ3) is 2.05. The van der Waals surface area contributed by atoms with Crippen molar-refractivity contribution in [1.29, 1.82) is 0 Å². The highest BCUT2D eigenvalue weighted by Crippen LogP contribution is 2.48. The predicted molar refractivity (Wildman–Crippen MR) is 85.1 cm³/mol. The summed E-state index contributed by atoms with van der Waals surface area (Å²) in [5.41, 5.74) is 3.96. The summed E-state index contributed by atoms with van der Waals surface area (Å²) in [5, 5.41) is 14.3. The summed E-state index contributed by atoms with van der Waals surface area (Å²) in [6.07, 6.45) is 3.19. The second-order valence-electron chi connectivity index (χ2n) is 6.24. The number of nitrogens with one attached hydrogen (secondary N) is 1. The van der Waals surface area contributed by atoms with Crippen LogP contribution in [-0.4, -0.2) is 17.7 Å². The summed E-state index contributed by atoms with van der Waals surface area (Å²) >= 11 is 6.05. The lowest BCUT2D eigenvalue weighted by molar-refractivity contribution is 0.268. The van der Waals surface area contributed by atoms with Crippen LogP contribution >= 0.6 is 11.6 Å². The molecule has 0 radical (unpaired) electrons. The number of phenols is 1. The van der Waals surface area contributed by atoms with Crippen molar-refractivity contribution in [3.63, 3.8) is 0 Å². The Bertz CT molecular complexity index is 682. The number of rotatable bonds is 1. The van der Waals surface area contributed by atoms with Crippen LogP contribution in [0.1, 0.15) is 29.5 Å². The number of fused-ring (bicyclic) bond motifs is 4. The molecule has 2 aromatic carbocycles. The molecule has 0 aromatic heterocycles. The summed E-state index contributed by atoms with van der Waals surface area (Å²) in [7, 11) is 0. The van der Waals surface area contributed by atoms with Crippen LogP contribution in [0.3, 0.4) is 0 Å². The highest BCUT2D eigenvalue weighted by Gasteiger charge is 2.44. The topological polar surface area (TPSA) is 32.3 Å². The number of halogens is 1. The standard InChI is InChI=1S/C18H18ClNO/c19-14-4-2-13(3-5-14)18-7-8-20-15(11-18)9-12-1-6-16(21)10-17(12)18/h1-6,10,15,20-21H,7-9,11H2. The number of phenolic OH excluding ortho intramolecular Hbond substituents is 1. The quantitative estimate of drug-likeness (QED) is 0.842. The van der Waals surface area contributed by atoms with Gasteiger partial charge in [-0.05, 0) is 66.8 Å². The number of hydrogen-bond donors (Lipinski definition) is 2. The molecule has 2 bridgehead atoms. The van der Waals surface area contributed by atoms with E-state index < -0.39 is 0 Å². The minimum Gasteiger partial charge on any atom is -0.508 e. The molecule has 2 N–H and O–H groups in total. The molecule has 2 nitrogen and oxygen atoms in total. The van der Waals surface area contributed by atoms with Gasteiger partial charge in [0.1, 0.15) is 5.75 Å². The van der Waals surface area contributed by atoms with Crippen LogP contribution in [-0.2, 0) is 11.8 Å². The van der Waals surface area contributed by atoms with E-state index in [0.717, 1.165) is 30.8 Å². The smallest absolute Gasteiger partial charge is 0.115 e. The monoisotopic (exact) mass is 299 g/mol. The maximum atomic E-state index is 9.95. The lowest BCUT2D eigenvalue weighted by atomic mass is 9.61. The van der Waals surface area contributed by atoms with Crippen LogP contribution in [0.5, 0.6) is 5.75 Å². The molecule has 1 heterocycles. The van der Waals surface area contributed by atoms with Gasteiger partial charge in [-0.15, -0.1) is 0 Å². The van der Waals surface area contributed by atoms with Gasteiger partial charge < -0.3 is 10.4 Å². The van der Waals surface area contributed by atoms with Gasteiger partial charge in [0.05, 0.1) is 0 Å². The number of aromatic hydroxyl groups is 1. The Hall–Kier alpha value is -1.51. The van der Waals surface area contributed by atoms with Crippen LogP contribution in [0.2, 0.25) is 5.02 Å². The van der Waals surface area contributed by atoms with Crippen LogP contribution in [0.15, 0.2) is 42.5 Å². The second-order valence-corrected chi connectivity index (χ2v) is 6.68. The highest BCUT2D eigenvalue weighted by molar-refractivity contribution is 6.30. The van der Waals surface area contributed by atoms with E-state index in [1.165, 1.54) is 16.7 Å². The van der Waals surface area contributed by atoms with Gasteiger partial charge in [0.25, 0.3) is 0 Å². The Morgan fingerprint density at radius 2 is 1.95 bits per heavy atom. The van der Waals surface area contributed by atoms with Crippen molar-refractivity contribution in [1.82, 2.24) is 5.32 Å². The van der Waals surface area contributed by atoms with Gasteiger partial charge >= 0.3 is 0 Å². The van der Waals surface area contributed by atoms with Gasteiger partial charge in [0, 0.05) is 16.5 Å². The van der Waals surface area contributed by atoms with Crippen LogP contribution < -0.4 is 5.32 Å². The Balaban J connectivity index is 1.93. The van der Waals surface area contributed by atoms with Crippen molar-refractivity contribution < 1.29 is 5.11 Å². The molecule has 108 valence electrons. The van der Waals surface area contributed by atoms with E-state index in [-0.39, 0.29) is 5.41 Å². The summed E-state index contributed by atoms with van der Waals surface area (Å²) in [5.74, 6) is 0.360. The summed E-state index contributed by atoms with van der Waals surface area (Å²) in [6, 6.07) is 14.6. The Labute approximate surface area is 129 Å². The van der Waals surface area contributed by atoms with Gasteiger partial charge in [0.15, 0.2) is 0 Å². The maximum absolute atomic E-state index is 9.95. The van der Waals surface area contributed by atoms with Crippen molar-refractivity contribution in [3.8, 4) is 5.75 Å². The zero-order valence-electron chi connectivity index (χ0n) is 11.8. The van der Waals surface area contributed by atoms with Gasteiger partial charge in [0.2, 0.25) is 0 Å². The molecule has 0 amide bonds. The van der Waals surface area contributed by atoms with Crippen molar-refractivity contribution in [2.75, 3.05) is 6.54 Å². The Morgan fingerprint density at radius 3 is 2.76 bits per heavy atom. The lowest BCUT2D eigenvalue weighted by Gasteiger charge is -2.47. The second kappa shape index (κ2) is 4.75. The maximum Gasteiger partial charge on any atom is 0.115 e. The van der Waals surface area contributed by atoms with Crippen LogP contribution in [0.25, 0.3) is 0 Å². The average Bonchev–Trinajstić information content (AvgIpc) is 2.49. The summed E-state index contributed by atoms with van der Waals surface area (Å²) in [6.45, 7) is 1.02. The van der Waals surface area contributed by atoms with Gasteiger partial charge in [-0.25, -0.2) is 0 Å². The van der Waals surface area contributed by atoms with Gasteiger partial charge in [-0.2, -0.15) is 0 Å². The molecular weight excluding hydrogens is 282 g/mol. The molecule has 2 atom stereocenters. The molecule has 21 heavy (non-hydrogen) atoms. The zero-order valence-corrected chi connectivity index (χ0v) is 12.5. The molecule has 1 aliphatic carbocycles. The zero-order chi connectivity index (χ0) is 14.4. The summed E-state index contributed by atoms with van der Waals surface area (Å²) < 4.78 is 0. The van der Waals surface area contributed by atoms with Crippen molar-refractivity contribution in [2.45, 2.75) is 30.7 Å². The molecular formula is C18H18ClNO. The molecule has 4 rings (SSSR count). The molecule has 2 unspecified atom stereocenters. The highest BCUT2D eigenvalue weighted by atomic mass is 35.5. The van der Waals surface area contributed by atoms with Crippen molar-refractivity contribution in [3.05, 3.63) is 64.2 Å².